The van der Waals surface area contributed by atoms with Crippen LogP contribution in [0.3, 0.4) is 0 Å². The van der Waals surface area contributed by atoms with E-state index in [1.165, 1.54) is 25.7 Å². The Kier molecular flexibility index (Phi) is 6.07. The highest BCUT2D eigenvalue weighted by Gasteiger charge is 2.23. The maximum Gasteiger partial charge on any atom is 0.251 e. The Morgan fingerprint density at radius 1 is 1.37 bits per heavy atom. The molecule has 2 heterocycles. The molecular formula is C14H26N2O3. The molecule has 0 aromatic carbocycles. The average molecular weight is 270 g/mol. The van der Waals surface area contributed by atoms with Crippen molar-refractivity contribution >= 4 is 5.91 Å². The number of carbonyl (C=O) groups is 1. The highest BCUT2D eigenvalue weighted by atomic mass is 16.6. The first-order chi connectivity index (χ1) is 9.31. The van der Waals surface area contributed by atoms with Gasteiger partial charge in [-0.1, -0.05) is 13.3 Å². The fourth-order valence-electron chi connectivity index (χ4n) is 2.89. The topological polar surface area (TPSA) is 50.8 Å². The van der Waals surface area contributed by atoms with E-state index in [0.717, 1.165) is 13.1 Å². The van der Waals surface area contributed by atoms with Gasteiger partial charge in [-0.25, -0.2) is 0 Å². The van der Waals surface area contributed by atoms with Gasteiger partial charge in [-0.15, -0.1) is 0 Å². The third kappa shape index (κ3) is 4.44. The van der Waals surface area contributed by atoms with Crippen LogP contribution in [0.2, 0.25) is 0 Å². The number of nitrogens with one attached hydrogen (secondary N) is 1. The zero-order valence-electron chi connectivity index (χ0n) is 11.9. The minimum atomic E-state index is -0.419. The summed E-state index contributed by atoms with van der Waals surface area (Å²) in [5.74, 6) is -0.0373. The van der Waals surface area contributed by atoms with Gasteiger partial charge in [-0.3, -0.25) is 9.69 Å². The zero-order valence-corrected chi connectivity index (χ0v) is 11.9. The summed E-state index contributed by atoms with van der Waals surface area (Å²) < 4.78 is 10.6. The Bertz CT molecular complexity index is 280. The van der Waals surface area contributed by atoms with E-state index in [2.05, 4.69) is 17.1 Å². The molecule has 0 aromatic rings. The number of likely N-dealkylation sites (tertiary alicyclic amines) is 1. The van der Waals surface area contributed by atoms with Crippen LogP contribution in [-0.4, -0.2) is 62.4 Å². The number of carbonyl (C=O) groups excluding carboxylic acids is 1. The van der Waals surface area contributed by atoms with Gasteiger partial charge in [-0.2, -0.15) is 0 Å². The predicted molar refractivity (Wildman–Crippen MR) is 73.1 cm³/mol. The maximum atomic E-state index is 11.9. The Morgan fingerprint density at radius 2 is 2.26 bits per heavy atom. The van der Waals surface area contributed by atoms with Gasteiger partial charge in [0.25, 0.3) is 5.91 Å². The van der Waals surface area contributed by atoms with Crippen LogP contribution in [0.5, 0.6) is 0 Å². The van der Waals surface area contributed by atoms with Gasteiger partial charge in [0.05, 0.1) is 19.8 Å². The van der Waals surface area contributed by atoms with E-state index in [0.29, 0.717) is 32.4 Å². The second kappa shape index (κ2) is 7.82. The van der Waals surface area contributed by atoms with Gasteiger partial charge in [0, 0.05) is 19.1 Å². The monoisotopic (exact) mass is 270 g/mol. The summed E-state index contributed by atoms with van der Waals surface area (Å²) in [6.07, 6.45) is 4.70. The summed E-state index contributed by atoms with van der Waals surface area (Å²) in [4.78, 5) is 14.4. The quantitative estimate of drug-likeness (QED) is 0.802. The van der Waals surface area contributed by atoms with E-state index in [-0.39, 0.29) is 5.91 Å². The summed E-state index contributed by atoms with van der Waals surface area (Å²) in [5.41, 5.74) is 0. The third-order valence-electron chi connectivity index (χ3n) is 4.03. The van der Waals surface area contributed by atoms with Crippen molar-refractivity contribution in [3.8, 4) is 0 Å². The molecule has 0 aliphatic carbocycles. The zero-order chi connectivity index (χ0) is 13.5. The molecule has 5 nitrogen and oxygen atoms in total. The third-order valence-corrected chi connectivity index (χ3v) is 4.03. The van der Waals surface area contributed by atoms with E-state index < -0.39 is 6.10 Å². The smallest absolute Gasteiger partial charge is 0.251 e. The number of rotatable bonds is 5. The number of amides is 1. The SMILES string of the molecule is CC[C@H]1CCCCN1CCNC(=O)[C@@H]1COCCO1. The second-order valence-electron chi connectivity index (χ2n) is 5.32. The number of piperidine rings is 1. The Labute approximate surface area is 115 Å². The van der Waals surface area contributed by atoms with Crippen LogP contribution in [0.1, 0.15) is 32.6 Å². The molecule has 2 aliphatic heterocycles. The van der Waals surface area contributed by atoms with Crippen LogP contribution in [-0.2, 0) is 14.3 Å². The molecule has 2 fully saturated rings. The summed E-state index contributed by atoms with van der Waals surface area (Å²) in [7, 11) is 0. The lowest BCUT2D eigenvalue weighted by molar-refractivity contribution is -0.147. The highest BCUT2D eigenvalue weighted by molar-refractivity contribution is 5.80. The molecule has 1 amide bonds. The number of hydrogen-bond donors (Lipinski definition) is 1. The van der Waals surface area contributed by atoms with Gasteiger partial charge in [0.15, 0.2) is 6.10 Å². The van der Waals surface area contributed by atoms with E-state index >= 15 is 0 Å². The fourth-order valence-corrected chi connectivity index (χ4v) is 2.89. The van der Waals surface area contributed by atoms with Crippen molar-refractivity contribution in [2.75, 3.05) is 39.5 Å². The molecule has 0 spiro atoms. The molecule has 0 bridgehead atoms. The molecule has 2 rings (SSSR count). The Balaban J connectivity index is 1.65. The minimum Gasteiger partial charge on any atom is -0.376 e. The lowest BCUT2D eigenvalue weighted by Crippen LogP contribution is -2.47. The van der Waals surface area contributed by atoms with E-state index in [1.807, 2.05) is 0 Å². The molecule has 0 unspecified atom stereocenters. The van der Waals surface area contributed by atoms with Crippen LogP contribution >= 0.6 is 0 Å². The van der Waals surface area contributed by atoms with Crippen LogP contribution in [0.15, 0.2) is 0 Å². The van der Waals surface area contributed by atoms with Crippen LogP contribution in [0.4, 0.5) is 0 Å². The molecule has 0 saturated carbocycles. The van der Waals surface area contributed by atoms with Crippen LogP contribution in [0.25, 0.3) is 0 Å². The molecule has 0 radical (unpaired) electrons. The molecule has 5 heteroatoms. The first-order valence-corrected chi connectivity index (χ1v) is 7.52. The molecule has 110 valence electrons. The molecular weight excluding hydrogens is 244 g/mol. The van der Waals surface area contributed by atoms with Crippen molar-refractivity contribution in [1.82, 2.24) is 10.2 Å². The van der Waals surface area contributed by atoms with E-state index in [4.69, 9.17) is 9.47 Å². The number of hydrogen-bond acceptors (Lipinski definition) is 4. The van der Waals surface area contributed by atoms with Gasteiger partial charge in [0.1, 0.15) is 0 Å². The molecule has 2 atom stereocenters. The van der Waals surface area contributed by atoms with Crippen molar-refractivity contribution < 1.29 is 14.3 Å². The van der Waals surface area contributed by atoms with E-state index in [1.54, 1.807) is 0 Å². The van der Waals surface area contributed by atoms with Gasteiger partial charge in [0.2, 0.25) is 0 Å². The Hall–Kier alpha value is -0.650. The lowest BCUT2D eigenvalue weighted by atomic mass is 10.0. The van der Waals surface area contributed by atoms with Crippen molar-refractivity contribution in [2.24, 2.45) is 0 Å². The largest absolute Gasteiger partial charge is 0.376 e. The van der Waals surface area contributed by atoms with Crippen molar-refractivity contribution in [3.63, 3.8) is 0 Å². The van der Waals surface area contributed by atoms with Crippen LogP contribution in [0, 0.1) is 0 Å². The fraction of sp³-hybridized carbons (Fsp3) is 0.929. The number of nitrogens with zero attached hydrogens (tertiary/aromatic N) is 1. The first kappa shape index (κ1) is 14.8. The van der Waals surface area contributed by atoms with Crippen molar-refractivity contribution in [2.45, 2.75) is 44.8 Å². The summed E-state index contributed by atoms with van der Waals surface area (Å²) in [5, 5.41) is 2.96. The summed E-state index contributed by atoms with van der Waals surface area (Å²) in [6, 6.07) is 0.694. The minimum absolute atomic E-state index is 0.0373. The molecule has 0 aromatic heterocycles. The van der Waals surface area contributed by atoms with Gasteiger partial charge >= 0.3 is 0 Å². The second-order valence-corrected chi connectivity index (χ2v) is 5.32. The predicted octanol–water partition coefficient (Wildman–Crippen LogP) is 0.783. The standard InChI is InChI=1S/C14H26N2O3/c1-2-12-5-3-4-7-16(12)8-6-15-14(17)13-11-18-9-10-19-13/h12-13H,2-11H2,1H3,(H,15,17)/t12-,13-/m0/s1. The first-order valence-electron chi connectivity index (χ1n) is 7.52. The highest BCUT2D eigenvalue weighted by Crippen LogP contribution is 2.18. The average Bonchev–Trinajstić information content (AvgIpc) is 2.48. The van der Waals surface area contributed by atoms with E-state index in [9.17, 15) is 4.79 Å². The molecule has 1 N–H and O–H groups in total. The van der Waals surface area contributed by atoms with Crippen molar-refractivity contribution in [3.05, 3.63) is 0 Å². The lowest BCUT2D eigenvalue weighted by Gasteiger charge is -2.35. The van der Waals surface area contributed by atoms with Crippen LogP contribution < -0.4 is 5.32 Å². The van der Waals surface area contributed by atoms with Gasteiger partial charge < -0.3 is 14.8 Å². The number of ether oxygens (including phenoxy) is 2. The Morgan fingerprint density at radius 3 is 3.00 bits per heavy atom. The van der Waals surface area contributed by atoms with Gasteiger partial charge in [-0.05, 0) is 25.8 Å². The molecule has 2 aliphatic rings. The summed E-state index contributed by atoms with van der Waals surface area (Å²) >= 11 is 0. The maximum absolute atomic E-state index is 11.9. The van der Waals surface area contributed by atoms with Crippen molar-refractivity contribution in [1.29, 1.82) is 0 Å². The molecule has 19 heavy (non-hydrogen) atoms. The molecule has 2 saturated heterocycles. The summed E-state index contributed by atoms with van der Waals surface area (Å²) in [6.45, 7) is 6.55. The normalized spacial score (nSPS) is 29.1.